The second-order valence-electron chi connectivity index (χ2n) is 4.41. The molecule has 1 aliphatic rings. The minimum Gasteiger partial charge on any atom is -0.330 e. The maximum atomic E-state index is 5.86. The molecule has 1 aliphatic carbocycles. The molecule has 1 aromatic heterocycles. The molecule has 0 aliphatic heterocycles. The van der Waals surface area contributed by atoms with E-state index in [0.29, 0.717) is 5.92 Å². The lowest BCUT2D eigenvalue weighted by atomic mass is 9.99. The van der Waals surface area contributed by atoms with Crippen LogP contribution in [0.15, 0.2) is 42.7 Å². The largest absolute Gasteiger partial charge is 0.330 e. The lowest BCUT2D eigenvalue weighted by Gasteiger charge is -2.15. The first-order chi connectivity index (χ1) is 7.90. The van der Waals surface area contributed by atoms with E-state index < -0.39 is 0 Å². The molecule has 0 radical (unpaired) electrons. The van der Waals surface area contributed by atoms with Gasteiger partial charge in [-0.1, -0.05) is 12.1 Å². The summed E-state index contributed by atoms with van der Waals surface area (Å²) in [5.41, 5.74) is 10.1. The maximum absolute atomic E-state index is 5.86. The SMILES string of the molecule is NCC1CCc2cccc(-n3cccc3)c21. The van der Waals surface area contributed by atoms with Gasteiger partial charge in [-0.15, -0.1) is 0 Å². The summed E-state index contributed by atoms with van der Waals surface area (Å²) >= 11 is 0. The summed E-state index contributed by atoms with van der Waals surface area (Å²) in [6.45, 7) is 0.755. The molecule has 0 amide bonds. The number of benzene rings is 1. The number of aryl methyl sites for hydroxylation is 1. The van der Waals surface area contributed by atoms with Crippen molar-refractivity contribution in [2.45, 2.75) is 18.8 Å². The molecule has 2 nitrogen and oxygen atoms in total. The minimum atomic E-state index is 0.536. The summed E-state index contributed by atoms with van der Waals surface area (Å²) < 4.78 is 2.19. The van der Waals surface area contributed by atoms with Crippen molar-refractivity contribution in [3.63, 3.8) is 0 Å². The first kappa shape index (κ1) is 9.67. The predicted octanol–water partition coefficient (Wildman–Crippen LogP) is 2.47. The summed E-state index contributed by atoms with van der Waals surface area (Å²) in [4.78, 5) is 0. The normalized spacial score (nSPS) is 18.7. The molecule has 1 aromatic carbocycles. The molecule has 2 heteroatoms. The van der Waals surface area contributed by atoms with E-state index >= 15 is 0 Å². The van der Waals surface area contributed by atoms with Crippen LogP contribution in [-0.2, 0) is 6.42 Å². The Labute approximate surface area is 95.7 Å². The van der Waals surface area contributed by atoms with Gasteiger partial charge < -0.3 is 10.3 Å². The molecule has 2 N–H and O–H groups in total. The molecule has 0 saturated heterocycles. The van der Waals surface area contributed by atoms with E-state index in [9.17, 15) is 0 Å². The number of aromatic nitrogens is 1. The fourth-order valence-corrected chi connectivity index (χ4v) is 2.72. The summed E-state index contributed by atoms with van der Waals surface area (Å²) in [6, 6.07) is 10.7. The maximum Gasteiger partial charge on any atom is 0.0487 e. The van der Waals surface area contributed by atoms with Crippen molar-refractivity contribution in [1.82, 2.24) is 4.57 Å². The van der Waals surface area contributed by atoms with Gasteiger partial charge in [0.05, 0.1) is 0 Å². The second-order valence-corrected chi connectivity index (χ2v) is 4.41. The van der Waals surface area contributed by atoms with E-state index in [1.54, 1.807) is 0 Å². The van der Waals surface area contributed by atoms with Gasteiger partial charge in [0.15, 0.2) is 0 Å². The lowest BCUT2D eigenvalue weighted by Crippen LogP contribution is -2.11. The third-order valence-corrected chi connectivity index (χ3v) is 3.51. The first-order valence-electron chi connectivity index (χ1n) is 5.85. The molecule has 1 unspecified atom stereocenters. The van der Waals surface area contributed by atoms with Gasteiger partial charge >= 0.3 is 0 Å². The van der Waals surface area contributed by atoms with Crippen LogP contribution in [-0.4, -0.2) is 11.1 Å². The topological polar surface area (TPSA) is 30.9 Å². The van der Waals surface area contributed by atoms with Crippen LogP contribution in [0.4, 0.5) is 0 Å². The smallest absolute Gasteiger partial charge is 0.0487 e. The standard InChI is InChI=1S/C14H16N2/c15-10-12-7-6-11-4-3-5-13(14(11)12)16-8-1-2-9-16/h1-5,8-9,12H,6-7,10,15H2. The van der Waals surface area contributed by atoms with E-state index in [1.165, 1.54) is 29.7 Å². The van der Waals surface area contributed by atoms with Crippen LogP contribution in [0.3, 0.4) is 0 Å². The van der Waals surface area contributed by atoms with Gasteiger partial charge in [-0.2, -0.15) is 0 Å². The van der Waals surface area contributed by atoms with E-state index in [0.717, 1.165) is 6.54 Å². The van der Waals surface area contributed by atoms with Gasteiger partial charge in [-0.25, -0.2) is 0 Å². The van der Waals surface area contributed by atoms with Gasteiger partial charge in [-0.05, 0) is 54.6 Å². The van der Waals surface area contributed by atoms with Gasteiger partial charge in [-0.3, -0.25) is 0 Å². The molecule has 16 heavy (non-hydrogen) atoms. The van der Waals surface area contributed by atoms with Crippen molar-refractivity contribution in [1.29, 1.82) is 0 Å². The predicted molar refractivity (Wildman–Crippen MR) is 65.9 cm³/mol. The van der Waals surface area contributed by atoms with E-state index in [2.05, 4.69) is 47.3 Å². The quantitative estimate of drug-likeness (QED) is 0.814. The summed E-state index contributed by atoms with van der Waals surface area (Å²) in [6.07, 6.45) is 6.57. The second kappa shape index (κ2) is 3.80. The molecular formula is C14H16N2. The first-order valence-corrected chi connectivity index (χ1v) is 5.85. The zero-order valence-electron chi connectivity index (χ0n) is 9.26. The van der Waals surface area contributed by atoms with Gasteiger partial charge in [0.2, 0.25) is 0 Å². The molecule has 3 rings (SSSR count). The van der Waals surface area contributed by atoms with Crippen LogP contribution >= 0.6 is 0 Å². The van der Waals surface area contributed by atoms with Crippen molar-refractivity contribution in [2.24, 2.45) is 5.73 Å². The third kappa shape index (κ3) is 1.38. The average Bonchev–Trinajstić information content (AvgIpc) is 2.97. The highest BCUT2D eigenvalue weighted by Gasteiger charge is 2.24. The number of rotatable bonds is 2. The zero-order chi connectivity index (χ0) is 11.0. The molecule has 0 bridgehead atoms. The Bertz CT molecular complexity index is 485. The van der Waals surface area contributed by atoms with E-state index in [1.807, 2.05) is 0 Å². The van der Waals surface area contributed by atoms with Crippen molar-refractivity contribution in [3.8, 4) is 5.69 Å². The molecule has 0 fully saturated rings. The van der Waals surface area contributed by atoms with Crippen LogP contribution in [0.5, 0.6) is 0 Å². The van der Waals surface area contributed by atoms with Gasteiger partial charge in [0.25, 0.3) is 0 Å². The Morgan fingerprint density at radius 3 is 2.75 bits per heavy atom. The Morgan fingerprint density at radius 1 is 1.19 bits per heavy atom. The monoisotopic (exact) mass is 212 g/mol. The van der Waals surface area contributed by atoms with Crippen molar-refractivity contribution in [2.75, 3.05) is 6.54 Å². The Morgan fingerprint density at radius 2 is 2.00 bits per heavy atom. The van der Waals surface area contributed by atoms with Gasteiger partial charge in [0, 0.05) is 18.1 Å². The van der Waals surface area contributed by atoms with E-state index in [4.69, 9.17) is 5.73 Å². The number of hydrogen-bond acceptors (Lipinski definition) is 1. The number of nitrogens with two attached hydrogens (primary N) is 1. The van der Waals surface area contributed by atoms with Crippen molar-refractivity contribution >= 4 is 0 Å². The fraction of sp³-hybridized carbons (Fsp3) is 0.286. The van der Waals surface area contributed by atoms with Crippen molar-refractivity contribution in [3.05, 3.63) is 53.9 Å². The molecule has 0 spiro atoms. The third-order valence-electron chi connectivity index (χ3n) is 3.51. The van der Waals surface area contributed by atoms with Gasteiger partial charge in [0.1, 0.15) is 0 Å². The zero-order valence-corrected chi connectivity index (χ0v) is 9.26. The summed E-state index contributed by atoms with van der Waals surface area (Å²) in [5, 5.41) is 0. The Kier molecular flexibility index (Phi) is 2.29. The Balaban J connectivity index is 2.17. The average molecular weight is 212 g/mol. The molecule has 0 saturated carbocycles. The minimum absolute atomic E-state index is 0.536. The van der Waals surface area contributed by atoms with Crippen LogP contribution in [0.1, 0.15) is 23.5 Å². The van der Waals surface area contributed by atoms with E-state index in [-0.39, 0.29) is 0 Å². The molecule has 1 heterocycles. The molecule has 1 atom stereocenters. The highest BCUT2D eigenvalue weighted by Crippen LogP contribution is 2.36. The number of nitrogens with zero attached hydrogens (tertiary/aromatic N) is 1. The summed E-state index contributed by atoms with van der Waals surface area (Å²) in [7, 11) is 0. The van der Waals surface area contributed by atoms with Crippen LogP contribution in [0.25, 0.3) is 5.69 Å². The lowest BCUT2D eigenvalue weighted by molar-refractivity contribution is 0.685. The van der Waals surface area contributed by atoms with Crippen LogP contribution in [0, 0.1) is 0 Å². The highest BCUT2D eigenvalue weighted by atomic mass is 14.9. The Hall–Kier alpha value is -1.54. The number of fused-ring (bicyclic) bond motifs is 1. The highest BCUT2D eigenvalue weighted by molar-refractivity contribution is 5.51. The summed E-state index contributed by atoms with van der Waals surface area (Å²) in [5.74, 6) is 0.536. The fourth-order valence-electron chi connectivity index (χ4n) is 2.72. The van der Waals surface area contributed by atoms with Crippen LogP contribution < -0.4 is 5.73 Å². The number of hydrogen-bond donors (Lipinski definition) is 1. The molecular weight excluding hydrogens is 196 g/mol. The van der Waals surface area contributed by atoms with Crippen LogP contribution in [0.2, 0.25) is 0 Å². The van der Waals surface area contributed by atoms with Crippen molar-refractivity contribution < 1.29 is 0 Å². The molecule has 2 aromatic rings. The molecule has 82 valence electrons.